The predicted molar refractivity (Wildman–Crippen MR) is 73.9 cm³/mol. The van der Waals surface area contributed by atoms with Crippen LogP contribution in [0.2, 0.25) is 0 Å². The molecule has 0 saturated carbocycles. The monoisotopic (exact) mass is 326 g/mol. The van der Waals surface area contributed by atoms with Crippen LogP contribution in [-0.2, 0) is 6.42 Å². The van der Waals surface area contributed by atoms with Crippen LogP contribution in [0.15, 0.2) is 40.9 Å². The zero-order valence-corrected chi connectivity index (χ0v) is 11.9. The average molecular weight is 327 g/mol. The van der Waals surface area contributed by atoms with Crippen LogP contribution in [-0.4, -0.2) is 5.11 Å². The lowest BCUT2D eigenvalue weighted by molar-refractivity contribution is 0.172. The number of halogens is 3. The van der Waals surface area contributed by atoms with Crippen LogP contribution in [0.5, 0.6) is 0 Å². The molecule has 4 heteroatoms. The molecule has 0 aliphatic carbocycles. The van der Waals surface area contributed by atoms with E-state index in [2.05, 4.69) is 15.9 Å². The number of aliphatic hydroxyl groups is 1. The highest BCUT2D eigenvalue weighted by molar-refractivity contribution is 9.10. The van der Waals surface area contributed by atoms with E-state index in [1.165, 1.54) is 12.1 Å². The SMILES string of the molecule is Cc1cccc(C(O)Cc2cc(Br)ccc2F)c1F. The Morgan fingerprint density at radius 3 is 2.68 bits per heavy atom. The fourth-order valence-electron chi connectivity index (χ4n) is 1.95. The molecular formula is C15H13BrF2O. The lowest BCUT2D eigenvalue weighted by Gasteiger charge is -2.14. The topological polar surface area (TPSA) is 20.2 Å². The number of hydrogen-bond donors (Lipinski definition) is 1. The zero-order chi connectivity index (χ0) is 14.0. The molecule has 0 aliphatic rings. The van der Waals surface area contributed by atoms with Crippen molar-refractivity contribution in [2.24, 2.45) is 0 Å². The van der Waals surface area contributed by atoms with Crippen molar-refractivity contribution in [3.63, 3.8) is 0 Å². The van der Waals surface area contributed by atoms with Crippen LogP contribution in [0.3, 0.4) is 0 Å². The molecule has 1 N–H and O–H groups in total. The predicted octanol–water partition coefficient (Wildman–Crippen LogP) is 4.31. The molecule has 0 radical (unpaired) electrons. The molecule has 2 aromatic carbocycles. The molecule has 1 nitrogen and oxygen atoms in total. The van der Waals surface area contributed by atoms with E-state index in [0.29, 0.717) is 11.1 Å². The first-order valence-electron chi connectivity index (χ1n) is 5.86. The Balaban J connectivity index is 2.28. The van der Waals surface area contributed by atoms with Gasteiger partial charge in [-0.3, -0.25) is 0 Å². The standard InChI is InChI=1S/C15H13BrF2O/c1-9-3-2-4-12(15(9)18)14(19)8-10-7-11(16)5-6-13(10)17/h2-7,14,19H,8H2,1H3. The first-order valence-corrected chi connectivity index (χ1v) is 6.65. The molecule has 2 aromatic rings. The summed E-state index contributed by atoms with van der Waals surface area (Å²) in [5.41, 5.74) is 1.01. The van der Waals surface area contributed by atoms with Gasteiger partial charge in [0.25, 0.3) is 0 Å². The molecule has 0 aromatic heterocycles. The van der Waals surface area contributed by atoms with Gasteiger partial charge in [-0.05, 0) is 36.2 Å². The summed E-state index contributed by atoms with van der Waals surface area (Å²) in [6, 6.07) is 9.31. The summed E-state index contributed by atoms with van der Waals surface area (Å²) in [6.07, 6.45) is -1.03. The fourth-order valence-corrected chi connectivity index (χ4v) is 2.35. The van der Waals surface area contributed by atoms with Gasteiger partial charge in [0.2, 0.25) is 0 Å². The summed E-state index contributed by atoms with van der Waals surface area (Å²) >= 11 is 3.25. The normalized spacial score (nSPS) is 12.5. The van der Waals surface area contributed by atoms with E-state index < -0.39 is 17.7 Å². The number of aryl methyl sites for hydroxylation is 1. The molecule has 0 amide bonds. The minimum atomic E-state index is -1.07. The van der Waals surface area contributed by atoms with E-state index >= 15 is 0 Å². The molecule has 1 atom stereocenters. The molecule has 0 bridgehead atoms. The van der Waals surface area contributed by atoms with Crippen LogP contribution in [0.25, 0.3) is 0 Å². The third-order valence-corrected chi connectivity index (χ3v) is 3.49. The maximum atomic E-state index is 13.9. The maximum absolute atomic E-state index is 13.9. The number of rotatable bonds is 3. The van der Waals surface area contributed by atoms with Gasteiger partial charge in [-0.2, -0.15) is 0 Å². The first kappa shape index (κ1) is 14.2. The van der Waals surface area contributed by atoms with E-state index in [9.17, 15) is 13.9 Å². The van der Waals surface area contributed by atoms with Crippen LogP contribution >= 0.6 is 15.9 Å². The van der Waals surface area contributed by atoms with E-state index in [-0.39, 0.29) is 12.0 Å². The van der Waals surface area contributed by atoms with Crippen LogP contribution in [0.1, 0.15) is 22.8 Å². The lowest BCUT2D eigenvalue weighted by atomic mass is 9.99. The Bertz CT molecular complexity index is 599. The highest BCUT2D eigenvalue weighted by Gasteiger charge is 2.16. The molecule has 0 fully saturated rings. The second-order valence-electron chi connectivity index (χ2n) is 4.43. The van der Waals surface area contributed by atoms with E-state index in [1.807, 2.05) is 0 Å². The third kappa shape index (κ3) is 3.19. The molecular weight excluding hydrogens is 314 g/mol. The molecule has 1 unspecified atom stereocenters. The fraction of sp³-hybridized carbons (Fsp3) is 0.200. The molecule has 0 aliphatic heterocycles. The van der Waals surface area contributed by atoms with Gasteiger partial charge in [-0.1, -0.05) is 34.1 Å². The molecule has 0 spiro atoms. The molecule has 2 rings (SSSR count). The Morgan fingerprint density at radius 1 is 1.21 bits per heavy atom. The summed E-state index contributed by atoms with van der Waals surface area (Å²) in [4.78, 5) is 0. The minimum absolute atomic E-state index is 0.0334. The Labute approximate surface area is 119 Å². The van der Waals surface area contributed by atoms with Crippen molar-refractivity contribution in [1.29, 1.82) is 0 Å². The van der Waals surface area contributed by atoms with Gasteiger partial charge in [0.1, 0.15) is 11.6 Å². The van der Waals surface area contributed by atoms with Gasteiger partial charge in [-0.15, -0.1) is 0 Å². The molecule has 100 valence electrons. The Kier molecular flexibility index (Phi) is 4.32. The van der Waals surface area contributed by atoms with Crippen molar-refractivity contribution in [3.05, 3.63) is 69.2 Å². The summed E-state index contributed by atoms with van der Waals surface area (Å²) in [5, 5.41) is 10.1. The zero-order valence-electron chi connectivity index (χ0n) is 10.3. The summed E-state index contributed by atoms with van der Waals surface area (Å²) < 4.78 is 28.2. The van der Waals surface area contributed by atoms with Crippen LogP contribution in [0.4, 0.5) is 8.78 Å². The second-order valence-corrected chi connectivity index (χ2v) is 5.35. The van der Waals surface area contributed by atoms with Gasteiger partial charge in [-0.25, -0.2) is 8.78 Å². The Morgan fingerprint density at radius 2 is 1.95 bits per heavy atom. The van der Waals surface area contributed by atoms with E-state index in [4.69, 9.17) is 0 Å². The quantitative estimate of drug-likeness (QED) is 0.891. The van der Waals surface area contributed by atoms with Crippen molar-refractivity contribution in [3.8, 4) is 0 Å². The average Bonchev–Trinajstić information content (AvgIpc) is 2.37. The third-order valence-electron chi connectivity index (χ3n) is 3.00. The van der Waals surface area contributed by atoms with Crippen LogP contribution in [0, 0.1) is 18.6 Å². The summed E-state index contributed by atoms with van der Waals surface area (Å²) in [6.45, 7) is 1.63. The second kappa shape index (κ2) is 5.80. The van der Waals surface area contributed by atoms with Gasteiger partial charge in [0.15, 0.2) is 0 Å². The number of hydrogen-bond acceptors (Lipinski definition) is 1. The highest BCUT2D eigenvalue weighted by atomic mass is 79.9. The molecule has 0 saturated heterocycles. The largest absolute Gasteiger partial charge is 0.388 e. The first-order chi connectivity index (χ1) is 8.99. The lowest BCUT2D eigenvalue weighted by Crippen LogP contribution is -2.06. The molecule has 0 heterocycles. The van der Waals surface area contributed by atoms with Crippen molar-refractivity contribution in [2.75, 3.05) is 0 Å². The number of aliphatic hydroxyl groups excluding tert-OH is 1. The van der Waals surface area contributed by atoms with E-state index in [1.54, 1.807) is 31.2 Å². The van der Waals surface area contributed by atoms with Crippen molar-refractivity contribution in [2.45, 2.75) is 19.4 Å². The Hall–Kier alpha value is -1.26. The summed E-state index contributed by atoms with van der Waals surface area (Å²) in [7, 11) is 0. The van der Waals surface area contributed by atoms with Crippen molar-refractivity contribution >= 4 is 15.9 Å². The van der Waals surface area contributed by atoms with E-state index in [0.717, 1.165) is 4.47 Å². The van der Waals surface area contributed by atoms with Gasteiger partial charge in [0, 0.05) is 16.5 Å². The summed E-state index contributed by atoms with van der Waals surface area (Å²) in [5.74, 6) is -0.847. The number of benzene rings is 2. The smallest absolute Gasteiger partial charge is 0.131 e. The minimum Gasteiger partial charge on any atom is -0.388 e. The van der Waals surface area contributed by atoms with Gasteiger partial charge < -0.3 is 5.11 Å². The van der Waals surface area contributed by atoms with Gasteiger partial charge >= 0.3 is 0 Å². The van der Waals surface area contributed by atoms with Crippen molar-refractivity contribution in [1.82, 2.24) is 0 Å². The highest BCUT2D eigenvalue weighted by Crippen LogP contribution is 2.25. The maximum Gasteiger partial charge on any atom is 0.131 e. The molecule has 19 heavy (non-hydrogen) atoms. The van der Waals surface area contributed by atoms with Crippen LogP contribution < -0.4 is 0 Å². The van der Waals surface area contributed by atoms with Crippen molar-refractivity contribution < 1.29 is 13.9 Å². The van der Waals surface area contributed by atoms with Gasteiger partial charge in [0.05, 0.1) is 6.10 Å².